The van der Waals surface area contributed by atoms with E-state index in [1.807, 2.05) is 0 Å². The number of fused-ring (bicyclic) bond motifs is 1. The highest BCUT2D eigenvalue weighted by Crippen LogP contribution is 2.49. The summed E-state index contributed by atoms with van der Waals surface area (Å²) < 4.78 is 52.4. The van der Waals surface area contributed by atoms with E-state index in [-0.39, 0.29) is 36.4 Å². The van der Waals surface area contributed by atoms with Crippen LogP contribution >= 0.6 is 7.75 Å². The zero-order chi connectivity index (χ0) is 38.4. The first-order valence-corrected chi connectivity index (χ1v) is 19.6. The number of nitrogens with zero attached hydrogens (tertiary/aromatic N) is 4. The van der Waals surface area contributed by atoms with Crippen molar-refractivity contribution in [2.75, 3.05) is 18.9 Å². The van der Waals surface area contributed by atoms with Crippen LogP contribution in [0.3, 0.4) is 0 Å². The summed E-state index contributed by atoms with van der Waals surface area (Å²) in [6.45, 7) is 2.84. The van der Waals surface area contributed by atoms with Crippen molar-refractivity contribution in [2.45, 2.75) is 121 Å². The summed E-state index contributed by atoms with van der Waals surface area (Å²) in [6, 6.07) is 7.09. The lowest BCUT2D eigenvalue weighted by molar-refractivity contribution is -0.152. The summed E-state index contributed by atoms with van der Waals surface area (Å²) >= 11 is 0. The van der Waals surface area contributed by atoms with Crippen LogP contribution in [0.25, 0.3) is 11.2 Å². The average Bonchev–Trinajstić information content (AvgIpc) is 3.70. The van der Waals surface area contributed by atoms with Crippen LogP contribution in [0, 0.1) is 18.4 Å². The standard InChI is InChI=1S/C36H50FN6O9P/c1-4-6-7-8-9-10-11-12-13-17-20-49-34(47)25(3)52-53(48,42-27(33(45)46)21-26-18-15-14-16-19-26)50-23-36(5-2)28(44)22-29(51-36)43-24-39-30-31(38)40-35(37)41-32(30)43/h2,14-16,18-19,24-25,27-29,44H,4,6-13,17,20-23H2,1,3H3,(H,42,48)(H,45,46)(H2,38,40,41)/t25?,27?,28-,29+,36+,53?/m0/s1. The van der Waals surface area contributed by atoms with Crippen LogP contribution in [0.5, 0.6) is 0 Å². The molecule has 2 aromatic heterocycles. The maximum Gasteiger partial charge on any atom is 0.407 e. The van der Waals surface area contributed by atoms with E-state index < -0.39 is 62.4 Å². The third-order valence-electron chi connectivity index (χ3n) is 9.00. The van der Waals surface area contributed by atoms with Gasteiger partial charge in [0.15, 0.2) is 28.7 Å². The lowest BCUT2D eigenvalue weighted by atomic mass is 9.99. The van der Waals surface area contributed by atoms with Gasteiger partial charge in [0.05, 0.1) is 12.9 Å². The first-order chi connectivity index (χ1) is 25.4. The molecule has 53 heavy (non-hydrogen) atoms. The zero-order valence-corrected chi connectivity index (χ0v) is 31.1. The quantitative estimate of drug-likeness (QED) is 0.0310. The topological polar surface area (TPSA) is 210 Å². The minimum absolute atomic E-state index is 0.0213. The fourth-order valence-electron chi connectivity index (χ4n) is 5.98. The van der Waals surface area contributed by atoms with E-state index in [9.17, 15) is 28.8 Å². The molecule has 1 fully saturated rings. The molecule has 0 aliphatic carbocycles. The molecular formula is C36H50FN6O9P. The monoisotopic (exact) mass is 760 g/mol. The Hall–Kier alpha value is -3.97. The third-order valence-corrected chi connectivity index (χ3v) is 10.7. The number of hydrogen-bond donors (Lipinski definition) is 4. The van der Waals surface area contributed by atoms with Crippen LogP contribution in [-0.2, 0) is 39.1 Å². The van der Waals surface area contributed by atoms with Crippen LogP contribution in [0.15, 0.2) is 36.7 Å². The molecule has 0 saturated carbocycles. The first-order valence-electron chi connectivity index (χ1n) is 18.0. The number of esters is 1. The second-order valence-corrected chi connectivity index (χ2v) is 14.9. The highest BCUT2D eigenvalue weighted by atomic mass is 31.2. The Morgan fingerprint density at radius 3 is 2.45 bits per heavy atom. The van der Waals surface area contributed by atoms with E-state index in [2.05, 4.69) is 32.9 Å². The molecule has 0 radical (unpaired) electrons. The summed E-state index contributed by atoms with van der Waals surface area (Å²) in [4.78, 5) is 36.6. The van der Waals surface area contributed by atoms with Gasteiger partial charge in [0.25, 0.3) is 0 Å². The summed E-state index contributed by atoms with van der Waals surface area (Å²) in [5.41, 5.74) is 4.49. The molecule has 6 atom stereocenters. The third kappa shape index (κ3) is 11.8. The van der Waals surface area contributed by atoms with Gasteiger partial charge in [-0.15, -0.1) is 6.42 Å². The number of aliphatic hydroxyl groups is 1. The van der Waals surface area contributed by atoms with Gasteiger partial charge in [-0.25, -0.2) is 19.4 Å². The summed E-state index contributed by atoms with van der Waals surface area (Å²) in [7, 11) is -4.74. The van der Waals surface area contributed by atoms with Gasteiger partial charge in [-0.05, 0) is 25.3 Å². The fraction of sp³-hybridized carbons (Fsp3) is 0.583. The van der Waals surface area contributed by atoms with Gasteiger partial charge >= 0.3 is 25.8 Å². The summed E-state index contributed by atoms with van der Waals surface area (Å²) in [6.07, 6.45) is 12.8. The number of aliphatic carboxylic acids is 1. The van der Waals surface area contributed by atoms with Crippen LogP contribution in [0.4, 0.5) is 10.2 Å². The average molecular weight is 761 g/mol. The highest BCUT2D eigenvalue weighted by molar-refractivity contribution is 7.51. The molecule has 3 aromatic rings. The minimum atomic E-state index is -4.74. The number of carbonyl (C=O) groups excluding carboxylic acids is 1. The molecule has 1 aliphatic rings. The number of nitrogens with two attached hydrogens (primary N) is 1. The number of imidazole rings is 1. The molecule has 5 N–H and O–H groups in total. The van der Waals surface area contributed by atoms with Crippen molar-refractivity contribution in [3.8, 4) is 12.3 Å². The van der Waals surface area contributed by atoms with Gasteiger partial charge in [-0.3, -0.25) is 18.4 Å². The molecule has 1 aliphatic heterocycles. The number of ether oxygens (including phenoxy) is 2. The molecule has 290 valence electrons. The smallest absolute Gasteiger partial charge is 0.407 e. The largest absolute Gasteiger partial charge is 0.480 e. The van der Waals surface area contributed by atoms with Gasteiger partial charge in [0, 0.05) is 6.42 Å². The Bertz CT molecular complexity index is 1740. The number of halogens is 1. The van der Waals surface area contributed by atoms with Crippen LogP contribution in [0.1, 0.15) is 96.3 Å². The molecule has 0 spiro atoms. The maximum absolute atomic E-state index is 14.4. The summed E-state index contributed by atoms with van der Waals surface area (Å²) in [5, 5.41) is 23.6. The number of carboxylic acid groups (broad SMARTS) is 1. The van der Waals surface area contributed by atoms with E-state index >= 15 is 0 Å². The lowest BCUT2D eigenvalue weighted by Crippen LogP contribution is -2.44. The van der Waals surface area contributed by atoms with Crippen molar-refractivity contribution in [1.29, 1.82) is 0 Å². The number of anilines is 1. The number of hydrogen-bond acceptors (Lipinski definition) is 12. The maximum atomic E-state index is 14.4. The molecule has 0 bridgehead atoms. The number of unbranched alkanes of at least 4 members (excludes halogenated alkanes) is 9. The normalized spacial score (nSPS) is 20.8. The Balaban J connectivity index is 1.42. The molecule has 15 nitrogen and oxygen atoms in total. The van der Waals surface area contributed by atoms with Crippen molar-refractivity contribution in [2.24, 2.45) is 0 Å². The van der Waals surface area contributed by atoms with Gasteiger partial charge in [0.1, 0.15) is 25.0 Å². The van der Waals surface area contributed by atoms with Gasteiger partial charge in [-0.1, -0.05) is 101 Å². The van der Waals surface area contributed by atoms with Crippen molar-refractivity contribution >= 4 is 36.7 Å². The predicted molar refractivity (Wildman–Crippen MR) is 194 cm³/mol. The van der Waals surface area contributed by atoms with Crippen molar-refractivity contribution in [1.82, 2.24) is 24.6 Å². The van der Waals surface area contributed by atoms with Gasteiger partial charge in [0.2, 0.25) is 0 Å². The van der Waals surface area contributed by atoms with Crippen molar-refractivity contribution < 1.29 is 47.3 Å². The second-order valence-electron chi connectivity index (χ2n) is 13.1. The predicted octanol–water partition coefficient (Wildman–Crippen LogP) is 5.48. The molecular weight excluding hydrogens is 710 g/mol. The Kier molecular flexibility index (Phi) is 15.7. The number of nitrogens with one attached hydrogen (secondary N) is 1. The number of aromatic nitrogens is 4. The molecule has 17 heteroatoms. The number of carboxylic acids is 1. The fourth-order valence-corrected chi connectivity index (χ4v) is 7.63. The number of nitrogen functional groups attached to an aromatic ring is 1. The Labute approximate surface area is 308 Å². The number of benzene rings is 1. The summed E-state index contributed by atoms with van der Waals surface area (Å²) in [5.74, 6) is -0.0661. The first kappa shape index (κ1) is 41.8. The molecule has 3 heterocycles. The van der Waals surface area contributed by atoms with Gasteiger partial charge < -0.3 is 25.4 Å². The zero-order valence-electron chi connectivity index (χ0n) is 30.2. The lowest BCUT2D eigenvalue weighted by Gasteiger charge is -2.30. The van der Waals surface area contributed by atoms with Crippen LogP contribution in [0.2, 0.25) is 0 Å². The second kappa shape index (κ2) is 19.9. The van der Waals surface area contributed by atoms with E-state index in [1.165, 1.54) is 56.3 Å². The highest BCUT2D eigenvalue weighted by Gasteiger charge is 2.50. The minimum Gasteiger partial charge on any atom is -0.480 e. The Morgan fingerprint density at radius 2 is 1.81 bits per heavy atom. The molecule has 1 aromatic carbocycles. The van der Waals surface area contributed by atoms with Gasteiger partial charge in [-0.2, -0.15) is 14.4 Å². The van der Waals surface area contributed by atoms with Crippen LogP contribution < -0.4 is 10.8 Å². The molecule has 1 saturated heterocycles. The molecule has 0 amide bonds. The number of terminal acetylenes is 1. The van der Waals surface area contributed by atoms with E-state index in [4.69, 9.17) is 30.7 Å². The number of rotatable bonds is 23. The van der Waals surface area contributed by atoms with E-state index in [0.29, 0.717) is 12.0 Å². The number of aliphatic hydroxyl groups excluding tert-OH is 1. The van der Waals surface area contributed by atoms with Crippen molar-refractivity contribution in [3.05, 3.63) is 48.3 Å². The molecule has 4 rings (SSSR count). The number of carbonyl (C=O) groups is 2. The van der Waals surface area contributed by atoms with E-state index in [1.54, 1.807) is 30.3 Å². The molecule has 3 unspecified atom stereocenters. The Morgan fingerprint density at radius 1 is 1.15 bits per heavy atom. The van der Waals surface area contributed by atoms with E-state index in [0.717, 1.165) is 19.3 Å². The SMILES string of the molecule is C#C[C@]1(COP(=O)(NC(Cc2ccccc2)C(=O)O)OC(C)C(=O)OCCCCCCCCCCCC)O[C@@H](n2cnc3c(N)nc(F)nc32)C[C@@H]1O. The van der Waals surface area contributed by atoms with Crippen LogP contribution in [-0.4, -0.2) is 78.7 Å². The van der Waals surface area contributed by atoms with Crippen molar-refractivity contribution in [3.63, 3.8) is 0 Å².